The SMILES string of the molecule is CC(NC(=O)c1ccc(C=CC(c2cc(Cl)c(Cl)c(Cl)c2)C(F)(F)F)cc1Br)C(=O)O. The zero-order valence-corrected chi connectivity index (χ0v) is 19.5. The van der Waals surface area contributed by atoms with E-state index >= 15 is 0 Å². The van der Waals surface area contributed by atoms with E-state index in [-0.39, 0.29) is 30.7 Å². The molecule has 0 aliphatic rings. The highest BCUT2D eigenvalue weighted by atomic mass is 79.9. The zero-order valence-electron chi connectivity index (χ0n) is 15.6. The van der Waals surface area contributed by atoms with Crippen molar-refractivity contribution in [2.45, 2.75) is 25.1 Å². The number of halogens is 7. The van der Waals surface area contributed by atoms with Crippen molar-refractivity contribution in [2.24, 2.45) is 0 Å². The first-order chi connectivity index (χ1) is 14.3. The average Bonchev–Trinajstić information content (AvgIpc) is 2.64. The number of alkyl halides is 3. The van der Waals surface area contributed by atoms with Crippen molar-refractivity contribution >= 4 is 68.7 Å². The molecule has 4 nitrogen and oxygen atoms in total. The minimum absolute atomic E-state index is 0.0352. The Kier molecular flexibility index (Phi) is 8.44. The van der Waals surface area contributed by atoms with E-state index in [2.05, 4.69) is 21.2 Å². The normalized spacial score (nSPS) is 13.8. The number of hydrogen-bond acceptors (Lipinski definition) is 2. The van der Waals surface area contributed by atoms with Gasteiger partial charge in [-0.05, 0) is 58.2 Å². The van der Waals surface area contributed by atoms with Gasteiger partial charge in [-0.15, -0.1) is 0 Å². The number of benzene rings is 2. The van der Waals surface area contributed by atoms with Crippen molar-refractivity contribution < 1.29 is 27.9 Å². The maximum Gasteiger partial charge on any atom is 0.399 e. The molecule has 0 bridgehead atoms. The Balaban J connectivity index is 2.32. The molecular formula is C20H14BrCl3F3NO3. The number of carbonyl (C=O) groups is 2. The first-order valence-electron chi connectivity index (χ1n) is 8.53. The molecule has 2 rings (SSSR count). The standard InChI is InChI=1S/C20H14BrCl3F3NO3/c1-9(19(30)31)28-18(29)12-4-2-10(6-14(12)21)3-5-13(20(25,26)27)11-7-15(22)17(24)16(23)8-11/h2-9,13H,1H3,(H,28,29)(H,30,31). The fraction of sp³-hybridized carbons (Fsp3) is 0.200. The molecule has 0 saturated carbocycles. The molecule has 0 aliphatic carbocycles. The van der Waals surface area contributed by atoms with Crippen LogP contribution in [0.1, 0.15) is 34.3 Å². The van der Waals surface area contributed by atoms with Crippen molar-refractivity contribution in [3.63, 3.8) is 0 Å². The fourth-order valence-electron chi connectivity index (χ4n) is 2.53. The first kappa shape index (κ1) is 25.5. The summed E-state index contributed by atoms with van der Waals surface area (Å²) < 4.78 is 41.2. The minimum atomic E-state index is -4.62. The lowest BCUT2D eigenvalue weighted by Crippen LogP contribution is -2.38. The summed E-state index contributed by atoms with van der Waals surface area (Å²) in [6.45, 7) is 1.30. The predicted octanol–water partition coefficient (Wildman–Crippen LogP) is 6.97. The van der Waals surface area contributed by atoms with E-state index in [9.17, 15) is 22.8 Å². The lowest BCUT2D eigenvalue weighted by molar-refractivity contribution is -0.140. The predicted molar refractivity (Wildman–Crippen MR) is 118 cm³/mol. The highest BCUT2D eigenvalue weighted by molar-refractivity contribution is 9.10. The van der Waals surface area contributed by atoms with Gasteiger partial charge in [-0.1, -0.05) is 53.0 Å². The smallest absolute Gasteiger partial charge is 0.399 e. The van der Waals surface area contributed by atoms with E-state index in [1.807, 2.05) is 0 Å². The summed E-state index contributed by atoms with van der Waals surface area (Å²) in [5.41, 5.74) is 0.324. The Bertz CT molecular complexity index is 1020. The zero-order chi connectivity index (χ0) is 23.5. The van der Waals surface area contributed by atoms with Gasteiger partial charge in [0.2, 0.25) is 0 Å². The summed E-state index contributed by atoms with van der Waals surface area (Å²) >= 11 is 20.7. The molecule has 2 aromatic carbocycles. The maximum atomic E-state index is 13.6. The summed E-state index contributed by atoms with van der Waals surface area (Å²) in [5, 5.41) is 10.9. The topological polar surface area (TPSA) is 66.4 Å². The third-order valence-corrected chi connectivity index (χ3v) is 6.01. The molecule has 31 heavy (non-hydrogen) atoms. The molecule has 0 aliphatic heterocycles. The van der Waals surface area contributed by atoms with Gasteiger partial charge in [0.25, 0.3) is 5.91 Å². The first-order valence-corrected chi connectivity index (χ1v) is 10.5. The van der Waals surface area contributed by atoms with E-state index < -0.39 is 30.0 Å². The molecule has 0 heterocycles. The molecule has 0 saturated heterocycles. The molecule has 0 spiro atoms. The number of rotatable bonds is 6. The quantitative estimate of drug-likeness (QED) is 0.376. The maximum absolute atomic E-state index is 13.6. The highest BCUT2D eigenvalue weighted by Crippen LogP contribution is 2.41. The van der Waals surface area contributed by atoms with Crippen LogP contribution in [0.4, 0.5) is 13.2 Å². The number of carbonyl (C=O) groups excluding carboxylic acids is 1. The molecule has 1 amide bonds. The highest BCUT2D eigenvalue weighted by Gasteiger charge is 2.39. The van der Waals surface area contributed by atoms with Crippen LogP contribution in [0, 0.1) is 0 Å². The van der Waals surface area contributed by atoms with Crippen molar-refractivity contribution in [1.29, 1.82) is 0 Å². The second-order valence-electron chi connectivity index (χ2n) is 6.45. The molecule has 2 unspecified atom stereocenters. The molecule has 0 fully saturated rings. The van der Waals surface area contributed by atoms with Crippen LogP contribution in [-0.4, -0.2) is 29.2 Å². The number of allylic oxidation sites excluding steroid dienone is 1. The van der Waals surface area contributed by atoms with E-state index in [1.165, 1.54) is 31.2 Å². The van der Waals surface area contributed by atoms with Gasteiger partial charge in [0.15, 0.2) is 0 Å². The largest absolute Gasteiger partial charge is 0.480 e. The number of amides is 1. The van der Waals surface area contributed by atoms with Crippen LogP contribution in [0.25, 0.3) is 6.08 Å². The van der Waals surface area contributed by atoms with Crippen molar-refractivity contribution in [3.05, 3.63) is 72.6 Å². The van der Waals surface area contributed by atoms with Gasteiger partial charge in [-0.25, -0.2) is 0 Å². The van der Waals surface area contributed by atoms with Gasteiger partial charge in [0.05, 0.1) is 26.5 Å². The van der Waals surface area contributed by atoms with Gasteiger partial charge in [0.1, 0.15) is 6.04 Å². The third kappa shape index (κ3) is 6.62. The summed E-state index contributed by atoms with van der Waals surface area (Å²) in [6, 6.07) is 5.33. The Morgan fingerprint density at radius 2 is 1.71 bits per heavy atom. The second-order valence-corrected chi connectivity index (χ2v) is 8.50. The number of carboxylic acids is 1. The third-order valence-electron chi connectivity index (χ3n) is 4.15. The molecule has 0 aromatic heterocycles. The summed E-state index contributed by atoms with van der Waals surface area (Å²) in [6.07, 6.45) is -2.45. The Labute approximate surface area is 199 Å². The van der Waals surface area contributed by atoms with Crippen LogP contribution in [0.15, 0.2) is 40.9 Å². The van der Waals surface area contributed by atoms with Gasteiger partial charge < -0.3 is 10.4 Å². The summed E-state index contributed by atoms with van der Waals surface area (Å²) in [4.78, 5) is 23.0. The average molecular weight is 560 g/mol. The lowest BCUT2D eigenvalue weighted by atomic mass is 9.97. The van der Waals surface area contributed by atoms with E-state index in [0.29, 0.717) is 5.56 Å². The molecule has 2 aromatic rings. The monoisotopic (exact) mass is 557 g/mol. The Hall–Kier alpha value is -1.74. The van der Waals surface area contributed by atoms with Crippen molar-refractivity contribution in [1.82, 2.24) is 5.32 Å². The number of carboxylic acid groups (broad SMARTS) is 1. The van der Waals surface area contributed by atoms with Crippen LogP contribution in [0.2, 0.25) is 15.1 Å². The molecular weight excluding hydrogens is 545 g/mol. The van der Waals surface area contributed by atoms with E-state index in [4.69, 9.17) is 39.9 Å². The molecule has 0 radical (unpaired) electrons. The number of nitrogens with one attached hydrogen (secondary N) is 1. The van der Waals surface area contributed by atoms with Crippen LogP contribution in [-0.2, 0) is 4.79 Å². The van der Waals surface area contributed by atoms with Crippen molar-refractivity contribution in [3.8, 4) is 0 Å². The number of aliphatic carboxylic acids is 1. The van der Waals surface area contributed by atoms with Gasteiger partial charge in [-0.2, -0.15) is 13.2 Å². The molecule has 2 atom stereocenters. The Morgan fingerprint density at radius 1 is 1.13 bits per heavy atom. The second kappa shape index (κ2) is 10.3. The molecule has 11 heteroatoms. The van der Waals surface area contributed by atoms with Gasteiger partial charge in [0, 0.05) is 4.47 Å². The van der Waals surface area contributed by atoms with Gasteiger partial charge in [-0.3, -0.25) is 9.59 Å². The van der Waals surface area contributed by atoms with E-state index in [0.717, 1.165) is 18.2 Å². The van der Waals surface area contributed by atoms with Crippen LogP contribution in [0.5, 0.6) is 0 Å². The summed E-state index contributed by atoms with van der Waals surface area (Å²) in [5.74, 6) is -3.85. The van der Waals surface area contributed by atoms with Crippen molar-refractivity contribution in [2.75, 3.05) is 0 Å². The van der Waals surface area contributed by atoms with E-state index in [1.54, 1.807) is 0 Å². The Morgan fingerprint density at radius 3 is 2.19 bits per heavy atom. The van der Waals surface area contributed by atoms with Gasteiger partial charge >= 0.3 is 12.1 Å². The van der Waals surface area contributed by atoms with Crippen LogP contribution in [0.3, 0.4) is 0 Å². The minimum Gasteiger partial charge on any atom is -0.480 e. The molecule has 166 valence electrons. The lowest BCUT2D eigenvalue weighted by Gasteiger charge is -2.18. The van der Waals surface area contributed by atoms with Crippen LogP contribution >= 0.6 is 50.7 Å². The number of hydrogen-bond donors (Lipinski definition) is 2. The molecule has 2 N–H and O–H groups in total. The summed E-state index contributed by atoms with van der Waals surface area (Å²) in [7, 11) is 0. The fourth-order valence-corrected chi connectivity index (χ4v) is 3.72. The van der Waals surface area contributed by atoms with Crippen LogP contribution < -0.4 is 5.32 Å².